The minimum atomic E-state index is -4.61. The minimum absolute atomic E-state index is 0.168. The van der Waals surface area contributed by atoms with E-state index in [0.29, 0.717) is 8.95 Å². The molecule has 2 aromatic rings. The first-order valence-corrected chi connectivity index (χ1v) is 8.81. The normalized spacial score (nSPS) is 12.5. The van der Waals surface area contributed by atoms with Crippen LogP contribution in [0.15, 0.2) is 51.4 Å². The number of nitrogens with one attached hydrogen (secondary N) is 1. The Labute approximate surface area is 163 Å². The topological polar surface area (TPSA) is 66.4 Å². The van der Waals surface area contributed by atoms with Crippen molar-refractivity contribution < 1.29 is 27.9 Å². The molecular weight excluding hydrogens is 483 g/mol. The lowest BCUT2D eigenvalue weighted by molar-refractivity contribution is -0.141. The van der Waals surface area contributed by atoms with Gasteiger partial charge in [-0.2, -0.15) is 13.2 Å². The van der Waals surface area contributed by atoms with E-state index in [-0.39, 0.29) is 11.1 Å². The SMILES string of the molecule is O=C(N[C@@H](Cc1ccccc1C(F)(F)F)C(=O)O)c1cc(Br)cc(Br)c1. The Morgan fingerprint density at radius 3 is 2.19 bits per heavy atom. The van der Waals surface area contributed by atoms with Gasteiger partial charge < -0.3 is 10.4 Å². The summed E-state index contributed by atoms with van der Waals surface area (Å²) >= 11 is 6.42. The van der Waals surface area contributed by atoms with Crippen molar-refractivity contribution in [2.24, 2.45) is 0 Å². The summed E-state index contributed by atoms with van der Waals surface area (Å²) < 4.78 is 40.4. The van der Waals surface area contributed by atoms with Crippen LogP contribution in [0.2, 0.25) is 0 Å². The summed E-state index contributed by atoms with van der Waals surface area (Å²) in [5.41, 5.74) is -0.963. The zero-order valence-electron chi connectivity index (χ0n) is 13.0. The molecule has 2 aromatic carbocycles. The number of carbonyl (C=O) groups excluding carboxylic acids is 1. The molecule has 26 heavy (non-hydrogen) atoms. The van der Waals surface area contributed by atoms with Crippen molar-refractivity contribution in [3.8, 4) is 0 Å². The lowest BCUT2D eigenvalue weighted by atomic mass is 9.99. The highest BCUT2D eigenvalue weighted by molar-refractivity contribution is 9.11. The van der Waals surface area contributed by atoms with Gasteiger partial charge in [-0.25, -0.2) is 4.79 Å². The molecule has 0 saturated heterocycles. The Balaban J connectivity index is 2.26. The highest BCUT2D eigenvalue weighted by Gasteiger charge is 2.34. The van der Waals surface area contributed by atoms with Gasteiger partial charge in [-0.05, 0) is 29.8 Å². The molecule has 1 atom stereocenters. The van der Waals surface area contributed by atoms with Crippen LogP contribution >= 0.6 is 31.9 Å². The quantitative estimate of drug-likeness (QED) is 0.635. The number of rotatable bonds is 5. The number of hydrogen-bond donors (Lipinski definition) is 2. The van der Waals surface area contributed by atoms with E-state index in [2.05, 4.69) is 37.2 Å². The van der Waals surface area contributed by atoms with Crippen molar-refractivity contribution in [3.63, 3.8) is 0 Å². The molecule has 0 heterocycles. The number of hydrogen-bond acceptors (Lipinski definition) is 2. The molecule has 0 spiro atoms. The first-order chi connectivity index (χ1) is 12.1. The van der Waals surface area contributed by atoms with Crippen LogP contribution in [-0.2, 0) is 17.4 Å². The number of halogens is 5. The van der Waals surface area contributed by atoms with Crippen LogP contribution in [-0.4, -0.2) is 23.0 Å². The third kappa shape index (κ3) is 5.31. The number of carbonyl (C=O) groups is 2. The third-order valence-corrected chi connectivity index (χ3v) is 4.39. The molecular formula is C17H12Br2F3NO3. The molecule has 0 aliphatic rings. The molecule has 1 amide bonds. The van der Waals surface area contributed by atoms with Crippen molar-refractivity contribution in [1.82, 2.24) is 5.32 Å². The van der Waals surface area contributed by atoms with Crippen molar-refractivity contribution in [1.29, 1.82) is 0 Å². The van der Waals surface area contributed by atoms with Gasteiger partial charge in [-0.1, -0.05) is 50.1 Å². The lowest BCUT2D eigenvalue weighted by Gasteiger charge is -2.18. The third-order valence-electron chi connectivity index (χ3n) is 3.47. The van der Waals surface area contributed by atoms with Crippen molar-refractivity contribution >= 4 is 43.7 Å². The summed E-state index contributed by atoms with van der Waals surface area (Å²) in [5, 5.41) is 11.6. The van der Waals surface area contributed by atoms with Crippen LogP contribution in [0.1, 0.15) is 21.5 Å². The fourth-order valence-corrected chi connectivity index (χ4v) is 3.62. The average Bonchev–Trinajstić information content (AvgIpc) is 2.52. The number of carboxylic acid groups (broad SMARTS) is 1. The van der Waals surface area contributed by atoms with E-state index in [4.69, 9.17) is 0 Å². The minimum Gasteiger partial charge on any atom is -0.480 e. The monoisotopic (exact) mass is 493 g/mol. The molecule has 0 radical (unpaired) electrons. The molecule has 0 saturated carbocycles. The van der Waals surface area contributed by atoms with E-state index in [0.717, 1.165) is 6.07 Å². The Kier molecular flexibility index (Phi) is 6.46. The number of alkyl halides is 3. The fraction of sp³-hybridized carbons (Fsp3) is 0.176. The van der Waals surface area contributed by atoms with Gasteiger partial charge in [0.2, 0.25) is 0 Å². The molecule has 4 nitrogen and oxygen atoms in total. The molecule has 9 heteroatoms. The van der Waals surface area contributed by atoms with Gasteiger partial charge in [-0.3, -0.25) is 4.79 Å². The number of aliphatic carboxylic acids is 1. The van der Waals surface area contributed by atoms with Crippen LogP contribution in [0.4, 0.5) is 13.2 Å². The fourth-order valence-electron chi connectivity index (χ4n) is 2.32. The van der Waals surface area contributed by atoms with Crippen molar-refractivity contribution in [2.45, 2.75) is 18.6 Å². The molecule has 0 aliphatic carbocycles. The van der Waals surface area contributed by atoms with Crippen molar-refractivity contribution in [3.05, 3.63) is 68.1 Å². The van der Waals surface area contributed by atoms with E-state index in [1.807, 2.05) is 0 Å². The average molecular weight is 495 g/mol. The Hall–Kier alpha value is -1.87. The number of benzene rings is 2. The Morgan fingerprint density at radius 2 is 1.65 bits per heavy atom. The van der Waals surface area contributed by atoms with Gasteiger partial charge in [-0.15, -0.1) is 0 Å². The van der Waals surface area contributed by atoms with Gasteiger partial charge in [0.05, 0.1) is 5.56 Å². The summed E-state index contributed by atoms with van der Waals surface area (Å²) in [6, 6.07) is 7.80. The molecule has 2 N–H and O–H groups in total. The molecule has 0 unspecified atom stereocenters. The lowest BCUT2D eigenvalue weighted by Crippen LogP contribution is -2.42. The van der Waals surface area contributed by atoms with Crippen LogP contribution < -0.4 is 5.32 Å². The van der Waals surface area contributed by atoms with Gasteiger partial charge in [0, 0.05) is 20.9 Å². The standard InChI is InChI=1S/C17H12Br2F3NO3/c18-11-5-10(6-12(19)8-11)15(24)23-14(16(25)26)7-9-3-1-2-4-13(9)17(20,21)22/h1-6,8,14H,7H2,(H,23,24)(H,25,26)/t14-/m0/s1. The van der Waals surface area contributed by atoms with Crippen LogP contribution in [0.3, 0.4) is 0 Å². The second-order valence-electron chi connectivity index (χ2n) is 5.38. The Bertz CT molecular complexity index is 820. The zero-order chi connectivity index (χ0) is 19.5. The van der Waals surface area contributed by atoms with Gasteiger partial charge in [0.15, 0.2) is 0 Å². The molecule has 0 aromatic heterocycles. The zero-order valence-corrected chi connectivity index (χ0v) is 16.2. The summed E-state index contributed by atoms with van der Waals surface area (Å²) in [6.07, 6.45) is -5.11. The van der Waals surface area contributed by atoms with Crippen LogP contribution in [0, 0.1) is 0 Å². The van der Waals surface area contributed by atoms with Gasteiger partial charge >= 0.3 is 12.1 Å². The predicted octanol–water partition coefficient (Wildman–Crippen LogP) is 4.66. The molecule has 138 valence electrons. The summed E-state index contributed by atoms with van der Waals surface area (Å²) in [7, 11) is 0. The van der Waals surface area contributed by atoms with E-state index in [1.54, 1.807) is 6.07 Å². The molecule has 0 bridgehead atoms. The highest BCUT2D eigenvalue weighted by atomic mass is 79.9. The van der Waals surface area contributed by atoms with E-state index >= 15 is 0 Å². The summed E-state index contributed by atoms with van der Waals surface area (Å²) in [5.74, 6) is -2.13. The van der Waals surface area contributed by atoms with Gasteiger partial charge in [0.25, 0.3) is 5.91 Å². The van der Waals surface area contributed by atoms with E-state index in [1.165, 1.54) is 30.3 Å². The Morgan fingerprint density at radius 1 is 1.08 bits per heavy atom. The molecule has 2 rings (SSSR count). The largest absolute Gasteiger partial charge is 0.480 e. The number of amides is 1. The summed E-state index contributed by atoms with van der Waals surface area (Å²) in [6.45, 7) is 0. The van der Waals surface area contributed by atoms with Gasteiger partial charge in [0.1, 0.15) is 6.04 Å². The highest BCUT2D eigenvalue weighted by Crippen LogP contribution is 2.32. The van der Waals surface area contributed by atoms with Crippen LogP contribution in [0.5, 0.6) is 0 Å². The first-order valence-electron chi connectivity index (χ1n) is 7.23. The van der Waals surface area contributed by atoms with Crippen LogP contribution in [0.25, 0.3) is 0 Å². The maximum Gasteiger partial charge on any atom is 0.416 e. The smallest absolute Gasteiger partial charge is 0.416 e. The maximum atomic E-state index is 13.1. The maximum absolute atomic E-state index is 13.1. The molecule has 0 aliphatic heterocycles. The second kappa shape index (κ2) is 8.22. The second-order valence-corrected chi connectivity index (χ2v) is 7.21. The number of carboxylic acids is 1. The van der Waals surface area contributed by atoms with E-state index in [9.17, 15) is 27.9 Å². The summed E-state index contributed by atoms with van der Waals surface area (Å²) in [4.78, 5) is 23.7. The molecule has 0 fully saturated rings. The van der Waals surface area contributed by atoms with E-state index < -0.39 is 36.1 Å². The first kappa shape index (κ1) is 20.4. The predicted molar refractivity (Wildman–Crippen MR) is 95.9 cm³/mol. The van der Waals surface area contributed by atoms with Crippen molar-refractivity contribution in [2.75, 3.05) is 0 Å².